The molecule has 2 N–H and O–H groups in total. The van der Waals surface area contributed by atoms with Crippen LogP contribution in [0.3, 0.4) is 0 Å². The minimum atomic E-state index is -1.91. The van der Waals surface area contributed by atoms with E-state index in [1.165, 1.54) is 30.0 Å². The maximum atomic E-state index is 14.8. The van der Waals surface area contributed by atoms with Gasteiger partial charge < -0.3 is 24.7 Å². The molecule has 0 spiro atoms. The van der Waals surface area contributed by atoms with Gasteiger partial charge in [0.25, 0.3) is 0 Å². The van der Waals surface area contributed by atoms with Crippen molar-refractivity contribution in [2.45, 2.75) is 63.7 Å². The van der Waals surface area contributed by atoms with Crippen molar-refractivity contribution in [3.05, 3.63) is 53.4 Å². The van der Waals surface area contributed by atoms with Gasteiger partial charge in [-0.15, -0.1) is 22.0 Å². The first-order chi connectivity index (χ1) is 24.1. The SMILES string of the molecule is CC(C)(C)[Si](C)(C)OCCSc1nnc(-c2cc(Cl)ccc2F)cc1Nc1ccnc(NC(=O)CCN2CCN(C[C@]3(C)CCOC3=O)CC2)c1. The van der Waals surface area contributed by atoms with Crippen molar-refractivity contribution in [3.63, 3.8) is 0 Å². The normalized spacial score (nSPS) is 18.9. The number of amides is 1. The van der Waals surface area contributed by atoms with Crippen LogP contribution < -0.4 is 10.6 Å². The highest BCUT2D eigenvalue weighted by molar-refractivity contribution is 7.99. The molecule has 5 rings (SSSR count). The van der Waals surface area contributed by atoms with E-state index in [0.29, 0.717) is 71.4 Å². The molecule has 15 heteroatoms. The standard InChI is InChI=1S/C36H49ClFN7O4SSi/c1-35(2,3)51(5,6)49-19-20-50-33-30(23-29(42-43-33)27-21-25(37)7-8-28(27)38)40-26-9-12-39-31(22-26)41-32(46)10-13-44-14-16-45(17-15-44)24-36(4)11-18-48-34(36)47/h7-9,12,21-23H,10-11,13-20,24H2,1-6H3,(H2,39,40,41,42,46)/t36-/m0/s1. The molecule has 11 nitrogen and oxygen atoms in total. The molecule has 0 aliphatic carbocycles. The van der Waals surface area contributed by atoms with Crippen LogP contribution in [0.2, 0.25) is 23.2 Å². The van der Waals surface area contributed by atoms with Crippen molar-refractivity contribution < 1.29 is 23.1 Å². The Morgan fingerprint density at radius 2 is 1.86 bits per heavy atom. The number of halogens is 2. The number of aromatic nitrogens is 3. The third kappa shape index (κ3) is 10.5. The van der Waals surface area contributed by atoms with E-state index in [0.717, 1.165) is 32.6 Å². The van der Waals surface area contributed by atoms with E-state index in [2.05, 4.69) is 69.5 Å². The third-order valence-corrected chi connectivity index (χ3v) is 15.7. The molecule has 2 saturated heterocycles. The lowest BCUT2D eigenvalue weighted by Gasteiger charge is -2.37. The summed E-state index contributed by atoms with van der Waals surface area (Å²) in [5.74, 6) is 0.369. The minimum absolute atomic E-state index is 0.101. The van der Waals surface area contributed by atoms with Gasteiger partial charge in [-0.25, -0.2) is 9.37 Å². The summed E-state index contributed by atoms with van der Waals surface area (Å²) < 4.78 is 26.4. The second-order valence-electron chi connectivity index (χ2n) is 14.9. The summed E-state index contributed by atoms with van der Waals surface area (Å²) >= 11 is 7.68. The number of anilines is 3. The van der Waals surface area contributed by atoms with Crippen LogP contribution in [0.5, 0.6) is 0 Å². The van der Waals surface area contributed by atoms with Crippen LogP contribution in [-0.2, 0) is 18.8 Å². The highest BCUT2D eigenvalue weighted by Gasteiger charge is 2.41. The number of pyridine rings is 1. The Labute approximate surface area is 310 Å². The van der Waals surface area contributed by atoms with Crippen molar-refractivity contribution in [1.82, 2.24) is 25.0 Å². The molecule has 1 amide bonds. The Kier molecular flexibility index (Phi) is 12.8. The summed E-state index contributed by atoms with van der Waals surface area (Å²) in [7, 11) is -1.91. The zero-order valence-corrected chi connectivity index (χ0v) is 32.9. The van der Waals surface area contributed by atoms with Crippen LogP contribution in [0.25, 0.3) is 11.3 Å². The average Bonchev–Trinajstić information content (AvgIpc) is 3.40. The number of ether oxygens (including phenoxy) is 1. The quantitative estimate of drug-likeness (QED) is 0.0759. The second kappa shape index (κ2) is 16.7. The van der Waals surface area contributed by atoms with Gasteiger partial charge in [0.2, 0.25) is 5.91 Å². The second-order valence-corrected chi connectivity index (χ2v) is 21.3. The predicted octanol–water partition coefficient (Wildman–Crippen LogP) is 7.09. The van der Waals surface area contributed by atoms with Crippen molar-refractivity contribution >= 4 is 60.7 Å². The summed E-state index contributed by atoms with van der Waals surface area (Å²) in [6, 6.07) is 9.61. The monoisotopic (exact) mass is 757 g/mol. The van der Waals surface area contributed by atoms with Gasteiger partial charge in [0.05, 0.1) is 23.4 Å². The zero-order chi connectivity index (χ0) is 36.8. The molecule has 1 aromatic carbocycles. The summed E-state index contributed by atoms with van der Waals surface area (Å²) in [4.78, 5) is 34.0. The number of piperazine rings is 1. The van der Waals surface area contributed by atoms with E-state index < -0.39 is 19.5 Å². The molecule has 4 heterocycles. The number of rotatable bonds is 14. The molecule has 1 atom stereocenters. The van der Waals surface area contributed by atoms with E-state index in [4.69, 9.17) is 20.8 Å². The fraction of sp³-hybridized carbons (Fsp3) is 0.528. The van der Waals surface area contributed by atoms with E-state index in [-0.39, 0.29) is 22.5 Å². The van der Waals surface area contributed by atoms with Crippen molar-refractivity contribution in [3.8, 4) is 11.3 Å². The molecule has 2 aliphatic heterocycles. The van der Waals surface area contributed by atoms with Crippen molar-refractivity contribution in [2.24, 2.45) is 5.41 Å². The van der Waals surface area contributed by atoms with Gasteiger partial charge in [-0.2, -0.15) is 0 Å². The fourth-order valence-corrected chi connectivity index (χ4v) is 7.79. The lowest BCUT2D eigenvalue weighted by atomic mass is 9.88. The molecule has 51 heavy (non-hydrogen) atoms. The van der Waals surface area contributed by atoms with Crippen LogP contribution in [0, 0.1) is 11.2 Å². The summed E-state index contributed by atoms with van der Waals surface area (Å²) in [5, 5.41) is 16.2. The smallest absolute Gasteiger partial charge is 0.313 e. The first-order valence-electron chi connectivity index (χ1n) is 17.4. The molecule has 0 saturated carbocycles. The molecule has 276 valence electrons. The van der Waals surface area contributed by atoms with Crippen molar-refractivity contribution in [1.29, 1.82) is 0 Å². The van der Waals surface area contributed by atoms with Crippen LogP contribution in [0.15, 0.2) is 47.6 Å². The Morgan fingerprint density at radius 1 is 1.12 bits per heavy atom. The van der Waals surface area contributed by atoms with Gasteiger partial charge in [-0.1, -0.05) is 32.4 Å². The van der Waals surface area contributed by atoms with Gasteiger partial charge >= 0.3 is 5.97 Å². The zero-order valence-electron chi connectivity index (χ0n) is 30.4. The number of thioether (sulfide) groups is 1. The Hall–Kier alpha value is -3.14. The molecule has 2 aromatic heterocycles. The van der Waals surface area contributed by atoms with Gasteiger partial charge in [0, 0.05) is 86.6 Å². The van der Waals surface area contributed by atoms with Gasteiger partial charge in [-0.05, 0) is 61.8 Å². The highest BCUT2D eigenvalue weighted by Crippen LogP contribution is 2.37. The molecule has 0 bridgehead atoms. The largest absolute Gasteiger partial charge is 0.465 e. The lowest BCUT2D eigenvalue weighted by Crippen LogP contribution is -2.50. The van der Waals surface area contributed by atoms with E-state index >= 15 is 0 Å². The number of esters is 1. The van der Waals surface area contributed by atoms with Crippen LogP contribution in [-0.4, -0.2) is 103 Å². The number of hydrogen-bond donors (Lipinski definition) is 2. The summed E-state index contributed by atoms with van der Waals surface area (Å²) in [6.07, 6.45) is 2.70. The maximum absolute atomic E-state index is 14.8. The molecular weight excluding hydrogens is 709 g/mol. The number of nitrogens with zero attached hydrogens (tertiary/aromatic N) is 5. The average molecular weight is 758 g/mol. The third-order valence-electron chi connectivity index (χ3n) is 9.93. The molecule has 3 aromatic rings. The van der Waals surface area contributed by atoms with Crippen LogP contribution in [0.4, 0.5) is 21.6 Å². The first kappa shape index (κ1) is 39.1. The minimum Gasteiger partial charge on any atom is -0.465 e. The number of carbonyl (C=O) groups excluding carboxylic acids is 2. The van der Waals surface area contributed by atoms with E-state index in [1.54, 1.807) is 24.4 Å². The van der Waals surface area contributed by atoms with Gasteiger partial charge in [0.1, 0.15) is 16.7 Å². The number of cyclic esters (lactones) is 1. The van der Waals surface area contributed by atoms with Gasteiger partial charge in [-0.3, -0.25) is 14.5 Å². The maximum Gasteiger partial charge on any atom is 0.313 e. The fourth-order valence-electron chi connectivity index (χ4n) is 5.70. The van der Waals surface area contributed by atoms with Gasteiger partial charge in [0.15, 0.2) is 8.32 Å². The number of nitrogens with one attached hydrogen (secondary N) is 2. The van der Waals surface area contributed by atoms with Crippen LogP contribution in [0.1, 0.15) is 40.5 Å². The molecule has 2 aliphatic rings. The Bertz CT molecular complexity index is 1710. The molecule has 2 fully saturated rings. The summed E-state index contributed by atoms with van der Waals surface area (Å²) in [5.41, 5.74) is 1.44. The summed E-state index contributed by atoms with van der Waals surface area (Å²) in [6.45, 7) is 18.8. The molecule has 0 radical (unpaired) electrons. The van der Waals surface area contributed by atoms with Crippen LogP contribution >= 0.6 is 23.4 Å². The Morgan fingerprint density at radius 3 is 2.57 bits per heavy atom. The molecular formula is C36H49ClFN7O4SSi. The van der Waals surface area contributed by atoms with E-state index in [9.17, 15) is 14.0 Å². The number of carbonyl (C=O) groups is 2. The number of hydrogen-bond acceptors (Lipinski definition) is 11. The number of benzene rings is 1. The molecule has 0 unspecified atom stereocenters. The first-order valence-corrected chi connectivity index (χ1v) is 21.6. The lowest BCUT2D eigenvalue weighted by molar-refractivity contribution is -0.146. The van der Waals surface area contributed by atoms with E-state index in [1.807, 2.05) is 6.92 Å². The van der Waals surface area contributed by atoms with Crippen molar-refractivity contribution in [2.75, 3.05) is 68.9 Å². The Balaban J connectivity index is 1.19. The topological polar surface area (TPSA) is 122 Å². The predicted molar refractivity (Wildman–Crippen MR) is 204 cm³/mol. The highest BCUT2D eigenvalue weighted by atomic mass is 35.5.